The molecule has 1 aromatic heterocycles. The van der Waals surface area contributed by atoms with E-state index in [1.165, 1.54) is 0 Å². The van der Waals surface area contributed by atoms with Crippen molar-refractivity contribution in [3.05, 3.63) is 12.4 Å². The van der Waals surface area contributed by atoms with Gasteiger partial charge in [-0.3, -0.25) is 14.3 Å². The molecule has 1 unspecified atom stereocenters. The number of rotatable bonds is 3. The fourth-order valence-electron chi connectivity index (χ4n) is 2.80. The van der Waals surface area contributed by atoms with Gasteiger partial charge in [-0.25, -0.2) is 0 Å². The fourth-order valence-corrected chi connectivity index (χ4v) is 3.75. The fraction of sp³-hybridized carbons (Fsp3) is 0.643. The number of carbonyl (C=O) groups is 2. The van der Waals surface area contributed by atoms with E-state index in [4.69, 9.17) is 0 Å². The van der Waals surface area contributed by atoms with Crippen LogP contribution in [0.25, 0.3) is 0 Å². The highest BCUT2D eigenvalue weighted by atomic mass is 35.5. The van der Waals surface area contributed by atoms with E-state index in [0.717, 1.165) is 23.7 Å². The molecule has 0 bridgehead atoms. The van der Waals surface area contributed by atoms with E-state index in [-0.39, 0.29) is 36.8 Å². The number of hydrogen-bond acceptors (Lipinski definition) is 5. The van der Waals surface area contributed by atoms with Gasteiger partial charge in [0.25, 0.3) is 0 Å². The van der Waals surface area contributed by atoms with Gasteiger partial charge in [0.15, 0.2) is 0 Å². The van der Waals surface area contributed by atoms with Crippen LogP contribution in [0.15, 0.2) is 12.4 Å². The Kier molecular flexibility index (Phi) is 6.32. The Morgan fingerprint density at radius 1 is 1.48 bits per heavy atom. The molecule has 0 aromatic carbocycles. The quantitative estimate of drug-likeness (QED) is 0.829. The van der Waals surface area contributed by atoms with Crippen molar-refractivity contribution in [2.45, 2.75) is 12.5 Å². The molecular weight excluding hydrogens is 338 g/mol. The predicted octanol–water partition coefficient (Wildman–Crippen LogP) is 0.112. The van der Waals surface area contributed by atoms with Crippen LogP contribution < -0.4 is 10.2 Å². The second-order valence-electron chi connectivity index (χ2n) is 5.66. The summed E-state index contributed by atoms with van der Waals surface area (Å²) in [7, 11) is 1.82. The van der Waals surface area contributed by atoms with Gasteiger partial charge in [0.2, 0.25) is 11.8 Å². The maximum absolute atomic E-state index is 12.3. The number of carbonyl (C=O) groups excluding carboxylic acids is 2. The molecule has 0 saturated carbocycles. The Morgan fingerprint density at radius 3 is 2.91 bits per heavy atom. The highest BCUT2D eigenvalue weighted by Crippen LogP contribution is 2.17. The van der Waals surface area contributed by atoms with E-state index < -0.39 is 0 Å². The smallest absolute Gasteiger partial charge is 0.246 e. The maximum atomic E-state index is 12.3. The van der Waals surface area contributed by atoms with Crippen LogP contribution in [0.3, 0.4) is 0 Å². The lowest BCUT2D eigenvalue weighted by Crippen LogP contribution is -2.53. The number of aromatic nitrogens is 2. The first-order valence-corrected chi connectivity index (χ1v) is 8.67. The topological polar surface area (TPSA) is 70.5 Å². The van der Waals surface area contributed by atoms with Gasteiger partial charge in [-0.15, -0.1) is 12.4 Å². The van der Waals surface area contributed by atoms with Crippen LogP contribution >= 0.6 is 24.2 Å². The van der Waals surface area contributed by atoms with Gasteiger partial charge in [0.1, 0.15) is 6.54 Å². The number of halogens is 1. The minimum Gasteiger partial charge on any atom is -0.332 e. The summed E-state index contributed by atoms with van der Waals surface area (Å²) >= 11 is 1.87. The monoisotopic (exact) mass is 359 g/mol. The third-order valence-electron chi connectivity index (χ3n) is 4.00. The van der Waals surface area contributed by atoms with E-state index in [2.05, 4.69) is 10.4 Å². The van der Waals surface area contributed by atoms with E-state index in [0.29, 0.717) is 19.5 Å². The molecule has 0 radical (unpaired) electrons. The summed E-state index contributed by atoms with van der Waals surface area (Å²) in [5, 5.41) is 7.45. The van der Waals surface area contributed by atoms with E-state index in [1.807, 2.05) is 25.0 Å². The molecule has 1 atom stereocenters. The predicted molar refractivity (Wildman–Crippen MR) is 93.1 cm³/mol. The second kappa shape index (κ2) is 8.03. The summed E-state index contributed by atoms with van der Waals surface area (Å²) in [6.45, 7) is 2.23. The Labute approximate surface area is 146 Å². The van der Waals surface area contributed by atoms with Gasteiger partial charge in [0.05, 0.1) is 11.9 Å². The lowest BCUT2D eigenvalue weighted by atomic mass is 10.2. The van der Waals surface area contributed by atoms with Gasteiger partial charge < -0.3 is 15.1 Å². The van der Waals surface area contributed by atoms with E-state index in [9.17, 15) is 9.59 Å². The third-order valence-corrected chi connectivity index (χ3v) is 5.13. The van der Waals surface area contributed by atoms with Crippen LogP contribution in [-0.2, 0) is 16.6 Å². The molecule has 2 aliphatic heterocycles. The number of piperazine rings is 1. The molecule has 3 rings (SSSR count). The normalized spacial score (nSPS) is 22.0. The highest BCUT2D eigenvalue weighted by molar-refractivity contribution is 7.99. The molecule has 7 nitrogen and oxygen atoms in total. The largest absolute Gasteiger partial charge is 0.332 e. The Morgan fingerprint density at radius 2 is 2.30 bits per heavy atom. The summed E-state index contributed by atoms with van der Waals surface area (Å²) in [6, 6.07) is 0.234. The van der Waals surface area contributed by atoms with Crippen LogP contribution in [0.2, 0.25) is 0 Å². The van der Waals surface area contributed by atoms with Crippen molar-refractivity contribution in [1.82, 2.24) is 20.0 Å². The van der Waals surface area contributed by atoms with Gasteiger partial charge >= 0.3 is 0 Å². The molecule has 3 heterocycles. The van der Waals surface area contributed by atoms with Crippen molar-refractivity contribution in [2.24, 2.45) is 7.05 Å². The van der Waals surface area contributed by atoms with Crippen LogP contribution in [0.4, 0.5) is 5.69 Å². The van der Waals surface area contributed by atoms with Crippen LogP contribution in [-0.4, -0.2) is 70.2 Å². The first kappa shape index (κ1) is 18.1. The first-order chi connectivity index (χ1) is 10.6. The third kappa shape index (κ3) is 4.39. The Hall–Kier alpha value is -1.25. The van der Waals surface area contributed by atoms with Crippen LogP contribution in [0.1, 0.15) is 6.42 Å². The molecule has 1 N–H and O–H groups in total. The molecule has 0 spiro atoms. The molecular formula is C14H22ClN5O2S. The molecule has 2 fully saturated rings. The Bertz CT molecular complexity index is 561. The molecule has 2 aliphatic rings. The standard InChI is InChI=1S/C14H21N5O2S.ClH/c1-17-8-12(7-16-17)19-4-3-18(9-14(19)21)13(20)6-11-10-22-5-2-15-11;/h7-8,11,15H,2-6,9-10H2,1H3;1H. The van der Waals surface area contributed by atoms with Crippen molar-refractivity contribution < 1.29 is 9.59 Å². The zero-order valence-corrected chi connectivity index (χ0v) is 14.7. The van der Waals surface area contributed by atoms with Crippen molar-refractivity contribution in [2.75, 3.05) is 42.6 Å². The van der Waals surface area contributed by atoms with Crippen LogP contribution in [0.5, 0.6) is 0 Å². The average molecular weight is 360 g/mol. The second-order valence-corrected chi connectivity index (χ2v) is 6.81. The SMILES string of the molecule is Cl.Cn1cc(N2CCN(C(=O)CC3CSCCN3)CC2=O)cn1. The van der Waals surface area contributed by atoms with Crippen molar-refractivity contribution in [1.29, 1.82) is 0 Å². The summed E-state index contributed by atoms with van der Waals surface area (Å²) in [5.41, 5.74) is 0.796. The number of amides is 2. The number of thioether (sulfide) groups is 1. The molecule has 1 aromatic rings. The minimum atomic E-state index is -0.0430. The van der Waals surface area contributed by atoms with Crippen molar-refractivity contribution in [3.8, 4) is 0 Å². The minimum absolute atomic E-state index is 0. The number of nitrogens with zero attached hydrogens (tertiary/aromatic N) is 4. The Balaban J connectivity index is 0.00000192. The molecule has 23 heavy (non-hydrogen) atoms. The number of aryl methyl sites for hydroxylation is 1. The molecule has 2 saturated heterocycles. The number of hydrogen-bond donors (Lipinski definition) is 1. The summed E-state index contributed by atoms with van der Waals surface area (Å²) in [5.74, 6) is 2.10. The number of nitrogens with one attached hydrogen (secondary N) is 1. The summed E-state index contributed by atoms with van der Waals surface area (Å²) < 4.78 is 1.67. The molecule has 128 valence electrons. The van der Waals surface area contributed by atoms with Crippen LogP contribution in [0, 0.1) is 0 Å². The zero-order valence-electron chi connectivity index (χ0n) is 13.1. The number of anilines is 1. The van der Waals surface area contributed by atoms with E-state index >= 15 is 0 Å². The first-order valence-electron chi connectivity index (χ1n) is 7.51. The van der Waals surface area contributed by atoms with Crippen molar-refractivity contribution >= 4 is 41.7 Å². The van der Waals surface area contributed by atoms with Crippen molar-refractivity contribution in [3.63, 3.8) is 0 Å². The molecule has 9 heteroatoms. The van der Waals surface area contributed by atoms with Gasteiger partial charge in [-0.05, 0) is 0 Å². The van der Waals surface area contributed by atoms with E-state index in [1.54, 1.807) is 20.7 Å². The molecule has 0 aliphatic carbocycles. The summed E-state index contributed by atoms with van der Waals surface area (Å²) in [4.78, 5) is 28.0. The zero-order chi connectivity index (χ0) is 15.5. The van der Waals surface area contributed by atoms with Gasteiger partial charge in [0, 0.05) is 56.8 Å². The summed E-state index contributed by atoms with van der Waals surface area (Å²) in [6.07, 6.45) is 3.98. The molecule has 2 amide bonds. The lowest BCUT2D eigenvalue weighted by Gasteiger charge is -2.34. The average Bonchev–Trinajstić information content (AvgIpc) is 2.94. The van der Waals surface area contributed by atoms with Gasteiger partial charge in [-0.1, -0.05) is 0 Å². The lowest BCUT2D eigenvalue weighted by molar-refractivity contribution is -0.137. The van der Waals surface area contributed by atoms with Gasteiger partial charge in [-0.2, -0.15) is 16.9 Å². The maximum Gasteiger partial charge on any atom is 0.246 e. The highest BCUT2D eigenvalue weighted by Gasteiger charge is 2.29.